The van der Waals surface area contributed by atoms with E-state index in [9.17, 15) is 0 Å². The molecule has 2 aromatic heterocycles. The van der Waals surface area contributed by atoms with Gasteiger partial charge in [-0.15, -0.1) is 0 Å². The summed E-state index contributed by atoms with van der Waals surface area (Å²) in [5, 5.41) is 4.11. The van der Waals surface area contributed by atoms with E-state index >= 15 is 0 Å². The highest BCUT2D eigenvalue weighted by Gasteiger charge is 1.95. The van der Waals surface area contributed by atoms with Gasteiger partial charge in [0.2, 0.25) is 0 Å². The Bertz CT molecular complexity index is 317. The van der Waals surface area contributed by atoms with Gasteiger partial charge in [0, 0.05) is 19.3 Å². The third-order valence-electron chi connectivity index (χ3n) is 1.32. The van der Waals surface area contributed by atoms with Crippen molar-refractivity contribution in [1.29, 1.82) is 0 Å². The molecule has 0 aromatic carbocycles. The molecule has 0 aliphatic heterocycles. The van der Waals surface area contributed by atoms with E-state index in [2.05, 4.69) is 16.1 Å². The van der Waals surface area contributed by atoms with Crippen LogP contribution in [-0.2, 0) is 7.05 Å². The quantitative estimate of drug-likeness (QED) is 0.530. The molecule has 0 unspecified atom stereocenters. The van der Waals surface area contributed by atoms with E-state index in [1.807, 2.05) is 13.2 Å². The fourth-order valence-electron chi connectivity index (χ4n) is 0.907. The van der Waals surface area contributed by atoms with Crippen LogP contribution in [0.2, 0.25) is 0 Å². The topological polar surface area (TPSA) is 30.7 Å². The summed E-state index contributed by atoms with van der Waals surface area (Å²) >= 11 is 0. The van der Waals surface area contributed by atoms with Gasteiger partial charge in [0.1, 0.15) is 11.0 Å². The molecular weight excluding hydrogens is 126 g/mol. The Balaban J connectivity index is 2.88. The fraction of sp³-hybridized carbons (Fsp3) is 0.143. The zero-order valence-corrected chi connectivity index (χ0v) is 5.57. The Labute approximate surface area is 58.3 Å². The Morgan fingerprint density at radius 1 is 1.60 bits per heavy atom. The fourth-order valence-corrected chi connectivity index (χ4v) is 0.907. The molecule has 0 atom stereocenters. The van der Waals surface area contributed by atoms with Crippen LogP contribution in [0.1, 0.15) is 0 Å². The molecule has 1 radical (unpaired) electrons. The highest BCUT2D eigenvalue weighted by Crippen LogP contribution is 2.04. The van der Waals surface area contributed by atoms with Crippen LogP contribution >= 0.6 is 0 Å². The molecule has 0 saturated heterocycles. The van der Waals surface area contributed by atoms with Gasteiger partial charge in [-0.05, 0) is 6.07 Å². The first-order chi connectivity index (χ1) is 4.86. The smallest absolute Gasteiger partial charge is 0.119 e. The lowest BCUT2D eigenvalue weighted by Crippen LogP contribution is -1.84. The molecule has 0 spiro atoms. The van der Waals surface area contributed by atoms with Crippen molar-refractivity contribution >= 4 is 11.0 Å². The van der Waals surface area contributed by atoms with Crippen molar-refractivity contribution in [2.45, 2.75) is 0 Å². The number of nitrogens with zero attached hydrogens (tertiary/aromatic N) is 3. The van der Waals surface area contributed by atoms with E-state index < -0.39 is 0 Å². The van der Waals surface area contributed by atoms with Crippen molar-refractivity contribution in [3.05, 3.63) is 24.5 Å². The molecule has 2 rings (SSSR count). The number of aryl methyl sites for hydroxylation is 1. The third-order valence-corrected chi connectivity index (χ3v) is 1.32. The highest BCUT2D eigenvalue weighted by atomic mass is 15.2. The van der Waals surface area contributed by atoms with Gasteiger partial charge in [-0.1, -0.05) is 0 Å². The average Bonchev–Trinajstić information content (AvgIpc) is 2.27. The normalized spacial score (nSPS) is 10.5. The summed E-state index contributed by atoms with van der Waals surface area (Å²) in [5.41, 5.74) is 1.72. The summed E-state index contributed by atoms with van der Waals surface area (Å²) in [7, 11) is 1.87. The van der Waals surface area contributed by atoms with Crippen LogP contribution in [0.15, 0.2) is 18.5 Å². The second-order valence-electron chi connectivity index (χ2n) is 2.13. The zero-order valence-electron chi connectivity index (χ0n) is 5.57. The molecule has 3 heteroatoms. The minimum absolute atomic E-state index is 0.824. The molecule has 2 heterocycles. The molecular formula is C7H6N3. The summed E-state index contributed by atoms with van der Waals surface area (Å²) in [6.07, 6.45) is 3.58. The lowest BCUT2D eigenvalue weighted by molar-refractivity contribution is 0.779. The molecule has 0 N–H and O–H groups in total. The van der Waals surface area contributed by atoms with Gasteiger partial charge in [0.25, 0.3) is 0 Å². The molecule has 2 aromatic rings. The Morgan fingerprint density at radius 3 is 3.30 bits per heavy atom. The van der Waals surface area contributed by atoms with Gasteiger partial charge in [-0.25, -0.2) is 0 Å². The zero-order chi connectivity index (χ0) is 6.97. The van der Waals surface area contributed by atoms with Crippen molar-refractivity contribution in [1.82, 2.24) is 14.8 Å². The number of rotatable bonds is 0. The first kappa shape index (κ1) is 5.41. The van der Waals surface area contributed by atoms with Crippen molar-refractivity contribution in [2.75, 3.05) is 0 Å². The van der Waals surface area contributed by atoms with Crippen LogP contribution in [0.4, 0.5) is 0 Å². The number of hydrogen-bond donors (Lipinski definition) is 0. The molecule has 0 fully saturated rings. The van der Waals surface area contributed by atoms with Crippen LogP contribution in [0.3, 0.4) is 0 Å². The van der Waals surface area contributed by atoms with Gasteiger partial charge in [-0.2, -0.15) is 5.10 Å². The Hall–Kier alpha value is -1.38. The van der Waals surface area contributed by atoms with Crippen LogP contribution in [0.25, 0.3) is 11.0 Å². The van der Waals surface area contributed by atoms with Gasteiger partial charge in [0.15, 0.2) is 0 Å². The summed E-state index contributed by atoms with van der Waals surface area (Å²) in [4.78, 5) is 4.09. The van der Waals surface area contributed by atoms with Crippen molar-refractivity contribution < 1.29 is 0 Å². The summed E-state index contributed by atoms with van der Waals surface area (Å²) in [6, 6.07) is 4.74. The van der Waals surface area contributed by atoms with Crippen LogP contribution < -0.4 is 0 Å². The van der Waals surface area contributed by atoms with E-state index in [0.29, 0.717) is 0 Å². The van der Waals surface area contributed by atoms with Gasteiger partial charge < -0.3 is 0 Å². The van der Waals surface area contributed by atoms with E-state index in [0.717, 1.165) is 11.0 Å². The van der Waals surface area contributed by atoms with Crippen LogP contribution in [0, 0.1) is 6.07 Å². The van der Waals surface area contributed by atoms with Crippen molar-refractivity contribution in [3.63, 3.8) is 0 Å². The number of aromatic nitrogens is 3. The predicted octanol–water partition coefficient (Wildman–Crippen LogP) is 0.768. The van der Waals surface area contributed by atoms with Crippen molar-refractivity contribution in [2.24, 2.45) is 7.05 Å². The summed E-state index contributed by atoms with van der Waals surface area (Å²) in [6.45, 7) is 0. The maximum absolute atomic E-state index is 4.11. The van der Waals surface area contributed by atoms with E-state index in [4.69, 9.17) is 0 Å². The molecule has 0 bridgehead atoms. The number of hydrogen-bond acceptors (Lipinski definition) is 2. The molecule has 0 saturated carbocycles. The van der Waals surface area contributed by atoms with Crippen LogP contribution in [0.5, 0.6) is 0 Å². The second kappa shape index (κ2) is 1.80. The molecule has 3 nitrogen and oxygen atoms in total. The maximum Gasteiger partial charge on any atom is 0.119 e. The Morgan fingerprint density at radius 2 is 2.50 bits per heavy atom. The minimum Gasteiger partial charge on any atom is -0.273 e. The van der Waals surface area contributed by atoms with Gasteiger partial charge >= 0.3 is 0 Å². The standard InChI is InChI=1S/C7H6N3/c1-10-5-7-6(9-10)3-2-4-8-7/h2,4-5H,1H3. The summed E-state index contributed by atoms with van der Waals surface area (Å²) < 4.78 is 1.73. The van der Waals surface area contributed by atoms with Crippen molar-refractivity contribution in [3.8, 4) is 0 Å². The molecule has 0 aliphatic carbocycles. The molecule has 0 amide bonds. The van der Waals surface area contributed by atoms with Gasteiger partial charge in [-0.3, -0.25) is 9.67 Å². The van der Waals surface area contributed by atoms with Crippen LogP contribution in [-0.4, -0.2) is 14.8 Å². The lowest BCUT2D eigenvalue weighted by Gasteiger charge is -1.79. The monoisotopic (exact) mass is 132 g/mol. The number of fused-ring (bicyclic) bond motifs is 1. The molecule has 0 aliphatic rings. The summed E-state index contributed by atoms with van der Waals surface area (Å²) in [5.74, 6) is 0. The largest absolute Gasteiger partial charge is 0.273 e. The number of pyridine rings is 1. The first-order valence-corrected chi connectivity index (χ1v) is 3.02. The van der Waals surface area contributed by atoms with E-state index in [1.165, 1.54) is 0 Å². The Kier molecular flexibility index (Phi) is 0.974. The van der Waals surface area contributed by atoms with Gasteiger partial charge in [0.05, 0.1) is 6.20 Å². The first-order valence-electron chi connectivity index (χ1n) is 3.02. The molecule has 10 heavy (non-hydrogen) atoms. The average molecular weight is 132 g/mol. The second-order valence-corrected chi connectivity index (χ2v) is 2.13. The highest BCUT2D eigenvalue weighted by molar-refractivity contribution is 5.71. The third kappa shape index (κ3) is 0.673. The predicted molar refractivity (Wildman–Crippen MR) is 37.3 cm³/mol. The SMILES string of the molecule is Cn1cc2ncc[c]c2n1. The van der Waals surface area contributed by atoms with E-state index in [-0.39, 0.29) is 0 Å². The van der Waals surface area contributed by atoms with E-state index in [1.54, 1.807) is 16.9 Å². The maximum atomic E-state index is 4.11. The molecule has 49 valence electrons. The minimum atomic E-state index is 0.824. The lowest BCUT2D eigenvalue weighted by atomic mass is 10.4.